The third-order valence-corrected chi connectivity index (χ3v) is 3.24. The highest BCUT2D eigenvalue weighted by atomic mass is 19.1. The Bertz CT molecular complexity index is 597. The topological polar surface area (TPSA) is 15.3 Å². The molecule has 0 heterocycles. The number of rotatable bonds is 6. The highest BCUT2D eigenvalue weighted by Crippen LogP contribution is 2.12. The quantitative estimate of drug-likeness (QED) is 0.878. The highest BCUT2D eigenvalue weighted by Gasteiger charge is 2.05. The minimum atomic E-state index is -0.416. The van der Waals surface area contributed by atoms with Crippen molar-refractivity contribution in [1.82, 2.24) is 10.2 Å². The SMILES string of the molecule is CN(C)Cc1ccccc1CNCc1cc(F)ccc1F. The second-order valence-electron chi connectivity index (χ2n) is 5.35. The van der Waals surface area contributed by atoms with Gasteiger partial charge in [0.1, 0.15) is 11.6 Å². The van der Waals surface area contributed by atoms with Gasteiger partial charge in [0.15, 0.2) is 0 Å². The molecule has 0 amide bonds. The molecule has 21 heavy (non-hydrogen) atoms. The van der Waals surface area contributed by atoms with Crippen LogP contribution in [0.4, 0.5) is 8.78 Å². The van der Waals surface area contributed by atoms with E-state index in [1.807, 2.05) is 32.3 Å². The Morgan fingerprint density at radius 1 is 0.905 bits per heavy atom. The highest BCUT2D eigenvalue weighted by molar-refractivity contribution is 5.27. The Labute approximate surface area is 124 Å². The van der Waals surface area contributed by atoms with E-state index in [2.05, 4.69) is 16.3 Å². The molecule has 0 atom stereocenters. The number of hydrogen-bond donors (Lipinski definition) is 1. The zero-order chi connectivity index (χ0) is 15.2. The molecule has 4 heteroatoms. The summed E-state index contributed by atoms with van der Waals surface area (Å²) in [5.41, 5.74) is 2.75. The van der Waals surface area contributed by atoms with Crippen molar-refractivity contribution in [3.8, 4) is 0 Å². The maximum Gasteiger partial charge on any atom is 0.127 e. The van der Waals surface area contributed by atoms with E-state index < -0.39 is 5.82 Å². The van der Waals surface area contributed by atoms with Crippen LogP contribution < -0.4 is 5.32 Å². The Kier molecular flexibility index (Phi) is 5.42. The van der Waals surface area contributed by atoms with Crippen LogP contribution in [0.15, 0.2) is 42.5 Å². The van der Waals surface area contributed by atoms with Crippen molar-refractivity contribution in [2.45, 2.75) is 19.6 Å². The van der Waals surface area contributed by atoms with Crippen LogP contribution in [0.5, 0.6) is 0 Å². The van der Waals surface area contributed by atoms with Crippen molar-refractivity contribution >= 4 is 0 Å². The van der Waals surface area contributed by atoms with E-state index in [1.165, 1.54) is 17.2 Å². The summed E-state index contributed by atoms with van der Waals surface area (Å²) in [6.45, 7) is 1.78. The fraction of sp³-hybridized carbons (Fsp3) is 0.294. The first-order valence-electron chi connectivity index (χ1n) is 6.92. The summed E-state index contributed by atoms with van der Waals surface area (Å²) >= 11 is 0. The number of halogens is 2. The first-order valence-corrected chi connectivity index (χ1v) is 6.92. The van der Waals surface area contributed by atoms with Gasteiger partial charge in [-0.15, -0.1) is 0 Å². The molecule has 0 radical (unpaired) electrons. The lowest BCUT2D eigenvalue weighted by Crippen LogP contribution is -2.17. The predicted octanol–water partition coefficient (Wildman–Crippen LogP) is 3.32. The van der Waals surface area contributed by atoms with Gasteiger partial charge in [-0.1, -0.05) is 24.3 Å². The van der Waals surface area contributed by atoms with E-state index in [0.717, 1.165) is 18.7 Å². The molecule has 0 aromatic heterocycles. The number of benzene rings is 2. The van der Waals surface area contributed by atoms with Crippen molar-refractivity contribution in [1.29, 1.82) is 0 Å². The molecule has 0 aliphatic heterocycles. The smallest absolute Gasteiger partial charge is 0.127 e. The van der Waals surface area contributed by atoms with Crippen LogP contribution in [-0.4, -0.2) is 19.0 Å². The summed E-state index contributed by atoms with van der Waals surface area (Å²) in [6.07, 6.45) is 0. The van der Waals surface area contributed by atoms with Crippen molar-refractivity contribution in [2.75, 3.05) is 14.1 Å². The molecule has 0 aliphatic carbocycles. The largest absolute Gasteiger partial charge is 0.308 e. The van der Waals surface area contributed by atoms with E-state index >= 15 is 0 Å². The molecule has 0 saturated heterocycles. The summed E-state index contributed by atoms with van der Waals surface area (Å²) in [7, 11) is 4.04. The van der Waals surface area contributed by atoms with Crippen molar-refractivity contribution < 1.29 is 8.78 Å². The molecular weight excluding hydrogens is 270 g/mol. The molecule has 112 valence electrons. The first kappa shape index (κ1) is 15.6. The van der Waals surface area contributed by atoms with Gasteiger partial charge in [-0.05, 0) is 43.4 Å². The van der Waals surface area contributed by atoms with Crippen LogP contribution in [0, 0.1) is 11.6 Å². The standard InChI is InChI=1S/C17H20F2N2/c1-21(2)12-14-6-4-3-5-13(14)10-20-11-15-9-16(18)7-8-17(15)19/h3-9,20H,10-12H2,1-2H3. The lowest BCUT2D eigenvalue weighted by atomic mass is 10.1. The van der Waals surface area contributed by atoms with Crippen molar-refractivity contribution in [3.05, 3.63) is 70.8 Å². The molecule has 0 aliphatic rings. The van der Waals surface area contributed by atoms with Crippen LogP contribution in [0.25, 0.3) is 0 Å². The lowest BCUT2D eigenvalue weighted by molar-refractivity contribution is 0.400. The minimum absolute atomic E-state index is 0.305. The van der Waals surface area contributed by atoms with Crippen molar-refractivity contribution in [3.63, 3.8) is 0 Å². The van der Waals surface area contributed by atoms with Gasteiger partial charge in [-0.25, -0.2) is 8.78 Å². The molecule has 2 rings (SSSR count). The van der Waals surface area contributed by atoms with Gasteiger partial charge in [0.2, 0.25) is 0 Å². The summed E-state index contributed by atoms with van der Waals surface area (Å²) in [6, 6.07) is 11.6. The van der Waals surface area contributed by atoms with Crippen LogP contribution in [0.1, 0.15) is 16.7 Å². The summed E-state index contributed by atoms with van der Waals surface area (Å²) in [5.74, 6) is -0.799. The zero-order valence-corrected chi connectivity index (χ0v) is 12.4. The molecule has 2 aromatic carbocycles. The van der Waals surface area contributed by atoms with Crippen LogP contribution in [0.2, 0.25) is 0 Å². The molecule has 0 fully saturated rings. The van der Waals surface area contributed by atoms with Crippen LogP contribution in [0.3, 0.4) is 0 Å². The summed E-state index contributed by atoms with van der Waals surface area (Å²) < 4.78 is 26.6. The van der Waals surface area contributed by atoms with Crippen molar-refractivity contribution in [2.24, 2.45) is 0 Å². The van der Waals surface area contributed by atoms with Gasteiger partial charge < -0.3 is 10.2 Å². The number of nitrogens with zero attached hydrogens (tertiary/aromatic N) is 1. The van der Waals surface area contributed by atoms with E-state index in [4.69, 9.17) is 0 Å². The summed E-state index contributed by atoms with van der Waals surface area (Å²) in [5, 5.41) is 3.17. The Hall–Kier alpha value is -1.78. The van der Waals surface area contributed by atoms with Gasteiger partial charge in [0, 0.05) is 25.2 Å². The molecule has 1 N–H and O–H groups in total. The third-order valence-electron chi connectivity index (χ3n) is 3.24. The average molecular weight is 290 g/mol. The number of nitrogens with one attached hydrogen (secondary N) is 1. The number of hydrogen-bond acceptors (Lipinski definition) is 2. The minimum Gasteiger partial charge on any atom is -0.308 e. The molecule has 0 saturated carbocycles. The maximum absolute atomic E-state index is 13.5. The van der Waals surface area contributed by atoms with E-state index in [0.29, 0.717) is 18.7 Å². The van der Waals surface area contributed by atoms with Gasteiger partial charge in [0.25, 0.3) is 0 Å². The zero-order valence-electron chi connectivity index (χ0n) is 12.4. The normalized spacial score (nSPS) is 11.1. The van der Waals surface area contributed by atoms with E-state index in [1.54, 1.807) is 0 Å². The Balaban J connectivity index is 1.99. The third kappa shape index (κ3) is 4.62. The van der Waals surface area contributed by atoms with E-state index in [9.17, 15) is 8.78 Å². The Morgan fingerprint density at radius 3 is 2.29 bits per heavy atom. The summed E-state index contributed by atoms with van der Waals surface area (Å²) in [4.78, 5) is 2.10. The molecule has 2 nitrogen and oxygen atoms in total. The lowest BCUT2D eigenvalue weighted by Gasteiger charge is -2.14. The second kappa shape index (κ2) is 7.29. The van der Waals surface area contributed by atoms with E-state index in [-0.39, 0.29) is 5.82 Å². The Morgan fingerprint density at radius 2 is 1.57 bits per heavy atom. The molecule has 2 aromatic rings. The second-order valence-corrected chi connectivity index (χ2v) is 5.35. The van der Waals surface area contributed by atoms with Gasteiger partial charge in [0.05, 0.1) is 0 Å². The fourth-order valence-electron chi connectivity index (χ4n) is 2.24. The average Bonchev–Trinajstić information content (AvgIpc) is 2.44. The fourth-order valence-corrected chi connectivity index (χ4v) is 2.24. The molecular formula is C17H20F2N2. The maximum atomic E-state index is 13.5. The molecule has 0 spiro atoms. The van der Waals surface area contributed by atoms with Gasteiger partial charge in [-0.2, -0.15) is 0 Å². The van der Waals surface area contributed by atoms with Crippen LogP contribution in [-0.2, 0) is 19.6 Å². The van der Waals surface area contributed by atoms with Gasteiger partial charge >= 0.3 is 0 Å². The molecule has 0 unspecified atom stereocenters. The monoisotopic (exact) mass is 290 g/mol. The predicted molar refractivity (Wildman–Crippen MR) is 80.7 cm³/mol. The first-order chi connectivity index (χ1) is 10.1. The van der Waals surface area contributed by atoms with Gasteiger partial charge in [-0.3, -0.25) is 0 Å². The molecule has 0 bridgehead atoms. The van der Waals surface area contributed by atoms with Crippen LogP contribution >= 0.6 is 0 Å².